The van der Waals surface area contributed by atoms with Gasteiger partial charge in [0.05, 0.1) is 6.26 Å². The molecule has 192 valence electrons. The zero-order chi connectivity index (χ0) is 25.6. The number of nitrogens with one attached hydrogen (secondary N) is 1. The Bertz CT molecular complexity index is 1340. The summed E-state index contributed by atoms with van der Waals surface area (Å²) in [5.41, 5.74) is 9.96. The first-order valence-electron chi connectivity index (χ1n) is 12.7. The van der Waals surface area contributed by atoms with Crippen LogP contribution in [0.4, 0.5) is 11.6 Å². The van der Waals surface area contributed by atoms with Crippen LogP contribution in [-0.2, 0) is 13.0 Å². The number of hydrogen-bond donors (Lipinski definition) is 2. The van der Waals surface area contributed by atoms with Gasteiger partial charge in [0.25, 0.3) is 5.88 Å². The summed E-state index contributed by atoms with van der Waals surface area (Å²) in [6, 6.07) is 18.8. The van der Waals surface area contributed by atoms with Gasteiger partial charge < -0.3 is 25.1 Å². The lowest BCUT2D eigenvalue weighted by Crippen LogP contribution is -2.41. The fourth-order valence-corrected chi connectivity index (χ4v) is 4.69. The van der Waals surface area contributed by atoms with Gasteiger partial charge >= 0.3 is 0 Å². The van der Waals surface area contributed by atoms with Gasteiger partial charge in [-0.1, -0.05) is 30.3 Å². The number of rotatable bonds is 9. The van der Waals surface area contributed by atoms with Crippen molar-refractivity contribution >= 4 is 22.7 Å². The van der Waals surface area contributed by atoms with Crippen molar-refractivity contribution in [2.75, 3.05) is 32.5 Å². The number of nitrogens with two attached hydrogens (primary N) is 1. The molecule has 1 fully saturated rings. The Balaban J connectivity index is 1.27. The molecule has 3 N–H and O–H groups in total. The molecule has 0 saturated carbocycles. The van der Waals surface area contributed by atoms with Crippen LogP contribution in [0.15, 0.2) is 77.6 Å². The quantitative estimate of drug-likeness (QED) is 0.321. The Morgan fingerprint density at radius 2 is 1.89 bits per heavy atom. The zero-order valence-electron chi connectivity index (χ0n) is 21.4. The molecular formula is C29H34N6O2. The van der Waals surface area contributed by atoms with E-state index in [1.807, 2.05) is 30.3 Å². The Morgan fingerprint density at radius 1 is 1.08 bits per heavy atom. The van der Waals surface area contributed by atoms with Crippen LogP contribution in [0.2, 0.25) is 0 Å². The summed E-state index contributed by atoms with van der Waals surface area (Å²) in [7, 11) is 4.35. The van der Waals surface area contributed by atoms with Crippen LogP contribution in [0.1, 0.15) is 24.0 Å². The highest BCUT2D eigenvalue weighted by molar-refractivity contribution is 5.79. The molecule has 0 aliphatic carbocycles. The van der Waals surface area contributed by atoms with E-state index in [1.54, 1.807) is 18.5 Å². The lowest BCUT2D eigenvalue weighted by atomic mass is 10.0. The van der Waals surface area contributed by atoms with Gasteiger partial charge in [0.2, 0.25) is 11.5 Å². The molecule has 1 saturated heterocycles. The number of piperidine rings is 1. The molecule has 0 radical (unpaired) electrons. The maximum absolute atomic E-state index is 6.13. The first-order valence-corrected chi connectivity index (χ1v) is 12.7. The summed E-state index contributed by atoms with van der Waals surface area (Å²) in [5.74, 6) is 1.48. The summed E-state index contributed by atoms with van der Waals surface area (Å²) >= 11 is 0. The second kappa shape index (κ2) is 11.5. The first kappa shape index (κ1) is 24.8. The van der Waals surface area contributed by atoms with Crippen molar-refractivity contribution in [1.82, 2.24) is 19.8 Å². The predicted octanol–water partition coefficient (Wildman–Crippen LogP) is 5.30. The zero-order valence-corrected chi connectivity index (χ0v) is 21.4. The fraction of sp³-hybridized carbons (Fsp3) is 0.310. The summed E-state index contributed by atoms with van der Waals surface area (Å²) in [6.45, 7) is 3.24. The summed E-state index contributed by atoms with van der Waals surface area (Å²) in [6.07, 6.45) is 8.21. The van der Waals surface area contributed by atoms with Gasteiger partial charge in [-0.2, -0.15) is 4.98 Å². The Morgan fingerprint density at radius 3 is 2.65 bits per heavy atom. The normalized spacial score (nSPS) is 15.1. The number of hydrogen-bond acceptors (Lipinski definition) is 8. The van der Waals surface area contributed by atoms with Gasteiger partial charge in [-0.25, -0.2) is 4.98 Å². The average Bonchev–Trinajstić information content (AvgIpc) is 3.38. The fourth-order valence-electron chi connectivity index (χ4n) is 4.69. The molecule has 0 amide bonds. The number of benzene rings is 2. The highest BCUT2D eigenvalue weighted by Gasteiger charge is 2.20. The van der Waals surface area contributed by atoms with Crippen LogP contribution < -0.4 is 15.8 Å². The molecule has 8 nitrogen and oxygen atoms in total. The highest BCUT2D eigenvalue weighted by atomic mass is 16.5. The van der Waals surface area contributed by atoms with Crippen LogP contribution in [0.25, 0.3) is 11.1 Å². The molecule has 5 rings (SSSR count). The molecule has 0 unspecified atom stereocenters. The molecule has 2 aromatic carbocycles. The van der Waals surface area contributed by atoms with Gasteiger partial charge in [0, 0.05) is 24.3 Å². The van der Waals surface area contributed by atoms with Crippen molar-refractivity contribution < 1.29 is 9.15 Å². The molecule has 0 spiro atoms. The Labute approximate surface area is 217 Å². The van der Waals surface area contributed by atoms with E-state index in [2.05, 4.69) is 63.4 Å². The molecule has 0 bridgehead atoms. The standard InChI is InChI=1S/C29H34N6O2/c1-34(2)24-12-16-35(17-13-24)20-22-8-10-23(11-9-22)31-29-32-26-14-18-36-27(26)28(33-29)37-25-7-3-5-21(19-25)6-4-15-30/h3-5,7-11,14-15,18-19,24H,6,12-13,16-17,20,30H2,1-2H3,(H,31,32,33). The summed E-state index contributed by atoms with van der Waals surface area (Å²) in [4.78, 5) is 14.1. The minimum absolute atomic E-state index is 0.363. The van der Waals surface area contributed by atoms with Crippen molar-refractivity contribution in [3.05, 3.63) is 84.3 Å². The Kier molecular flexibility index (Phi) is 7.67. The largest absolute Gasteiger partial charge is 0.457 e. The molecule has 2 aromatic heterocycles. The van der Waals surface area contributed by atoms with E-state index in [0.29, 0.717) is 34.7 Å². The van der Waals surface area contributed by atoms with Crippen molar-refractivity contribution in [3.63, 3.8) is 0 Å². The van der Waals surface area contributed by atoms with E-state index < -0.39 is 0 Å². The number of anilines is 2. The minimum atomic E-state index is 0.363. The van der Waals surface area contributed by atoms with Crippen molar-refractivity contribution in [1.29, 1.82) is 0 Å². The SMILES string of the molecule is CN(C)C1CCN(Cc2ccc(Nc3nc(Oc4cccc(CC=CN)c4)c4occc4n3)cc2)CC1. The first-order chi connectivity index (χ1) is 18.1. The van der Waals surface area contributed by atoms with Gasteiger partial charge in [-0.05, 0) is 88.0 Å². The van der Waals surface area contributed by atoms with Crippen LogP contribution in [-0.4, -0.2) is 53.0 Å². The lowest BCUT2D eigenvalue weighted by molar-refractivity contribution is 0.140. The van der Waals surface area contributed by atoms with Gasteiger partial charge in [-0.3, -0.25) is 4.90 Å². The third kappa shape index (κ3) is 6.28. The molecule has 8 heteroatoms. The maximum Gasteiger partial charge on any atom is 0.268 e. The number of furan rings is 1. The second-order valence-electron chi connectivity index (χ2n) is 9.66. The lowest BCUT2D eigenvalue weighted by Gasteiger charge is -2.35. The second-order valence-corrected chi connectivity index (χ2v) is 9.66. The average molecular weight is 499 g/mol. The molecule has 0 atom stereocenters. The van der Waals surface area contributed by atoms with E-state index in [-0.39, 0.29) is 0 Å². The number of nitrogens with zero attached hydrogens (tertiary/aromatic N) is 4. The molecular weight excluding hydrogens is 464 g/mol. The van der Waals surface area contributed by atoms with Gasteiger partial charge in [0.1, 0.15) is 11.3 Å². The van der Waals surface area contributed by atoms with Crippen molar-refractivity contribution in [2.45, 2.75) is 31.8 Å². The van der Waals surface area contributed by atoms with E-state index in [9.17, 15) is 0 Å². The number of likely N-dealkylation sites (tertiary alicyclic amines) is 1. The topological polar surface area (TPSA) is 92.7 Å². The van der Waals surface area contributed by atoms with Crippen molar-refractivity contribution in [2.24, 2.45) is 5.73 Å². The number of ether oxygens (including phenoxy) is 1. The molecule has 3 heterocycles. The summed E-state index contributed by atoms with van der Waals surface area (Å²) < 4.78 is 11.7. The third-order valence-electron chi connectivity index (χ3n) is 6.78. The van der Waals surface area contributed by atoms with Crippen LogP contribution in [0.3, 0.4) is 0 Å². The number of fused-ring (bicyclic) bond motifs is 1. The van der Waals surface area contributed by atoms with E-state index >= 15 is 0 Å². The summed E-state index contributed by atoms with van der Waals surface area (Å²) in [5, 5.41) is 3.31. The molecule has 4 aromatic rings. The Hall–Kier alpha value is -3.88. The minimum Gasteiger partial charge on any atom is -0.457 e. The monoisotopic (exact) mass is 498 g/mol. The molecule has 37 heavy (non-hydrogen) atoms. The highest BCUT2D eigenvalue weighted by Crippen LogP contribution is 2.30. The smallest absolute Gasteiger partial charge is 0.268 e. The number of aromatic nitrogens is 2. The van der Waals surface area contributed by atoms with Crippen molar-refractivity contribution in [3.8, 4) is 11.6 Å². The van der Waals surface area contributed by atoms with Gasteiger partial charge in [0.15, 0.2) is 0 Å². The maximum atomic E-state index is 6.13. The predicted molar refractivity (Wildman–Crippen MR) is 147 cm³/mol. The van der Waals surface area contributed by atoms with Crippen LogP contribution in [0, 0.1) is 0 Å². The van der Waals surface area contributed by atoms with E-state index in [1.165, 1.54) is 18.4 Å². The molecule has 1 aliphatic rings. The van der Waals surface area contributed by atoms with Crippen LogP contribution >= 0.6 is 0 Å². The number of allylic oxidation sites excluding steroid dienone is 1. The van der Waals surface area contributed by atoms with E-state index in [0.717, 1.165) is 37.3 Å². The molecule has 1 aliphatic heterocycles. The third-order valence-corrected chi connectivity index (χ3v) is 6.78. The van der Waals surface area contributed by atoms with E-state index in [4.69, 9.17) is 14.9 Å². The van der Waals surface area contributed by atoms with Crippen LogP contribution in [0.5, 0.6) is 11.6 Å². The van der Waals surface area contributed by atoms with Gasteiger partial charge in [-0.15, -0.1) is 0 Å².